The normalized spacial score (nSPS) is 16.0. The van der Waals surface area contributed by atoms with Gasteiger partial charge in [-0.25, -0.2) is 18.2 Å². The highest BCUT2D eigenvalue weighted by molar-refractivity contribution is 7.91. The number of aromatic nitrogens is 1. The Morgan fingerprint density at radius 2 is 2.00 bits per heavy atom. The van der Waals surface area contributed by atoms with Gasteiger partial charge in [0, 0.05) is 37.6 Å². The van der Waals surface area contributed by atoms with E-state index in [-0.39, 0.29) is 0 Å². The molecule has 0 saturated heterocycles. The number of carbonyl (C=O) groups excluding carboxylic acids is 1. The summed E-state index contributed by atoms with van der Waals surface area (Å²) in [5, 5.41) is 2.20. The largest absolute Gasteiger partial charge is 0.443 e. The van der Waals surface area contributed by atoms with E-state index >= 15 is 0 Å². The molecular formula is C18H26N4O4S. The van der Waals surface area contributed by atoms with E-state index in [1.54, 1.807) is 54.8 Å². The van der Waals surface area contributed by atoms with Crippen molar-refractivity contribution in [2.45, 2.75) is 38.7 Å². The first-order chi connectivity index (χ1) is 12.5. The topological polar surface area (TPSA) is 91.8 Å². The number of anilines is 2. The van der Waals surface area contributed by atoms with Crippen molar-refractivity contribution in [3.63, 3.8) is 0 Å². The number of amides is 1. The molecule has 1 unspecified atom stereocenters. The Labute approximate surface area is 160 Å². The molecular weight excluding hydrogens is 368 g/mol. The molecule has 1 atom stereocenters. The van der Waals surface area contributed by atoms with E-state index in [0.29, 0.717) is 18.1 Å². The monoisotopic (exact) mass is 394 g/mol. The van der Waals surface area contributed by atoms with Gasteiger partial charge in [-0.05, 0) is 45.9 Å². The Bertz CT molecular complexity index is 843. The van der Waals surface area contributed by atoms with Crippen LogP contribution >= 0.6 is 0 Å². The average molecular weight is 394 g/mol. The molecule has 148 valence electrons. The number of nitrogens with one attached hydrogen (secondary N) is 1. The summed E-state index contributed by atoms with van der Waals surface area (Å²) in [5.41, 5.74) is -0.0176. The molecule has 1 aromatic heterocycles. The second-order valence-corrected chi connectivity index (χ2v) is 9.58. The zero-order valence-corrected chi connectivity index (χ0v) is 17.0. The van der Waals surface area contributed by atoms with E-state index in [0.717, 1.165) is 0 Å². The van der Waals surface area contributed by atoms with Crippen LogP contribution in [0.3, 0.4) is 0 Å². The lowest BCUT2D eigenvalue weighted by molar-refractivity contribution is 0.0352. The highest BCUT2D eigenvalue weighted by atomic mass is 32.2. The summed E-state index contributed by atoms with van der Waals surface area (Å²) in [7, 11) is -3.26. The molecule has 1 amide bonds. The molecule has 9 heteroatoms. The van der Waals surface area contributed by atoms with Gasteiger partial charge in [0.1, 0.15) is 11.0 Å². The lowest BCUT2D eigenvalue weighted by atomic mass is 10.2. The number of sulfone groups is 1. The van der Waals surface area contributed by atoms with Gasteiger partial charge in [-0.15, -0.1) is 0 Å². The Morgan fingerprint density at radius 1 is 1.30 bits per heavy atom. The maximum absolute atomic E-state index is 12.2. The zero-order chi connectivity index (χ0) is 20.2. The molecule has 1 aliphatic heterocycles. The number of rotatable bonds is 4. The molecule has 2 heterocycles. The minimum atomic E-state index is -3.26. The Balaban J connectivity index is 2.22. The van der Waals surface area contributed by atoms with Crippen LogP contribution in [0.15, 0.2) is 43.0 Å². The number of hydrogen-bond donors (Lipinski definition) is 1. The van der Waals surface area contributed by atoms with Crippen molar-refractivity contribution in [3.05, 3.63) is 43.0 Å². The van der Waals surface area contributed by atoms with E-state index in [2.05, 4.69) is 10.3 Å². The van der Waals surface area contributed by atoms with Gasteiger partial charge in [-0.1, -0.05) is 0 Å². The summed E-state index contributed by atoms with van der Waals surface area (Å²) in [4.78, 5) is 19.7. The van der Waals surface area contributed by atoms with Crippen molar-refractivity contribution in [1.82, 2.24) is 9.88 Å². The third-order valence-corrected chi connectivity index (χ3v) is 5.04. The van der Waals surface area contributed by atoms with Gasteiger partial charge in [0.15, 0.2) is 15.7 Å². The van der Waals surface area contributed by atoms with Gasteiger partial charge in [0.05, 0.1) is 5.69 Å². The standard InChI is InChI=1S/C18H26N4O4S/c1-14(27(5,24)25)20-15-8-6-9-19-16(15)21-10-7-11-22(13-12-21)17(23)26-18(2,3)4/h6-10,12-14,20H,11H2,1-5H3. The van der Waals surface area contributed by atoms with Crippen molar-refractivity contribution < 1.29 is 17.9 Å². The maximum Gasteiger partial charge on any atom is 0.414 e. The Hall–Kier alpha value is -2.55. The van der Waals surface area contributed by atoms with E-state index < -0.39 is 26.9 Å². The molecule has 0 aliphatic carbocycles. The quantitative estimate of drug-likeness (QED) is 0.839. The zero-order valence-electron chi connectivity index (χ0n) is 16.2. The average Bonchev–Trinajstić information content (AvgIpc) is 2.79. The molecule has 0 saturated carbocycles. The maximum atomic E-state index is 12.2. The first-order valence-corrected chi connectivity index (χ1v) is 10.5. The second kappa shape index (κ2) is 7.99. The molecule has 1 aromatic rings. The number of ether oxygens (including phenoxy) is 1. The fraction of sp³-hybridized carbons (Fsp3) is 0.444. The molecule has 2 rings (SSSR count). The second-order valence-electron chi connectivity index (χ2n) is 7.21. The molecule has 1 N–H and O–H groups in total. The van der Waals surface area contributed by atoms with Crippen LogP contribution < -0.4 is 10.2 Å². The van der Waals surface area contributed by atoms with Gasteiger partial charge < -0.3 is 15.0 Å². The summed E-state index contributed by atoms with van der Waals surface area (Å²) in [6.45, 7) is 7.35. The predicted molar refractivity (Wildman–Crippen MR) is 106 cm³/mol. The number of carbonyl (C=O) groups is 1. The smallest absolute Gasteiger partial charge is 0.414 e. The highest BCUT2D eigenvalue weighted by Crippen LogP contribution is 2.26. The number of nitrogens with zero attached hydrogens (tertiary/aromatic N) is 3. The molecule has 8 nitrogen and oxygen atoms in total. The highest BCUT2D eigenvalue weighted by Gasteiger charge is 2.22. The van der Waals surface area contributed by atoms with Crippen molar-refractivity contribution in [1.29, 1.82) is 0 Å². The summed E-state index contributed by atoms with van der Waals surface area (Å²) in [5.74, 6) is 0.520. The molecule has 27 heavy (non-hydrogen) atoms. The third-order valence-electron chi connectivity index (χ3n) is 3.64. The number of hydrogen-bond acceptors (Lipinski definition) is 7. The third kappa shape index (κ3) is 5.99. The van der Waals surface area contributed by atoms with Gasteiger partial charge in [-0.3, -0.25) is 4.90 Å². The minimum Gasteiger partial charge on any atom is -0.443 e. The van der Waals surface area contributed by atoms with Crippen molar-refractivity contribution >= 4 is 27.4 Å². The van der Waals surface area contributed by atoms with Gasteiger partial charge >= 0.3 is 6.09 Å². The summed E-state index contributed by atoms with van der Waals surface area (Å²) < 4.78 is 28.8. The van der Waals surface area contributed by atoms with Crippen molar-refractivity contribution in [2.75, 3.05) is 23.0 Å². The first kappa shape index (κ1) is 20.8. The predicted octanol–water partition coefficient (Wildman–Crippen LogP) is 2.93. The van der Waals surface area contributed by atoms with Gasteiger partial charge in [0.25, 0.3) is 0 Å². The first-order valence-electron chi connectivity index (χ1n) is 8.51. The van der Waals surface area contributed by atoms with E-state index in [9.17, 15) is 13.2 Å². The van der Waals surface area contributed by atoms with Gasteiger partial charge in [-0.2, -0.15) is 0 Å². The molecule has 0 bridgehead atoms. The minimum absolute atomic E-state index is 0.344. The lowest BCUT2D eigenvalue weighted by Gasteiger charge is -2.24. The van der Waals surface area contributed by atoms with Crippen LogP contribution in [0.5, 0.6) is 0 Å². The number of pyridine rings is 1. The van der Waals surface area contributed by atoms with Crippen LogP contribution in [0.25, 0.3) is 0 Å². The molecule has 0 spiro atoms. The van der Waals surface area contributed by atoms with E-state index in [1.807, 2.05) is 20.8 Å². The Morgan fingerprint density at radius 3 is 2.63 bits per heavy atom. The van der Waals surface area contributed by atoms with E-state index in [4.69, 9.17) is 4.74 Å². The fourth-order valence-corrected chi connectivity index (χ4v) is 2.52. The molecule has 0 radical (unpaired) electrons. The van der Waals surface area contributed by atoms with E-state index in [1.165, 1.54) is 11.2 Å². The van der Waals surface area contributed by atoms with Crippen molar-refractivity contribution in [3.8, 4) is 0 Å². The van der Waals surface area contributed by atoms with Crippen LogP contribution in [0.4, 0.5) is 16.3 Å². The Kier molecular flexibility index (Phi) is 6.15. The SMILES string of the molecule is CC(Nc1cccnc1N1C=CCN(C(=O)OC(C)(C)C)C=C1)S(C)(=O)=O. The van der Waals surface area contributed by atoms with Crippen LogP contribution in [-0.4, -0.2) is 48.2 Å². The lowest BCUT2D eigenvalue weighted by Crippen LogP contribution is -2.33. The van der Waals surface area contributed by atoms with Gasteiger partial charge in [0.2, 0.25) is 0 Å². The fourth-order valence-electron chi connectivity index (χ4n) is 2.18. The van der Waals surface area contributed by atoms with Crippen LogP contribution in [-0.2, 0) is 14.6 Å². The molecule has 0 fully saturated rings. The molecule has 0 aromatic carbocycles. The summed E-state index contributed by atoms with van der Waals surface area (Å²) in [6, 6.07) is 3.47. The van der Waals surface area contributed by atoms with Crippen LogP contribution in [0, 0.1) is 0 Å². The summed E-state index contributed by atoms with van der Waals surface area (Å²) >= 11 is 0. The van der Waals surface area contributed by atoms with Crippen LogP contribution in [0.1, 0.15) is 27.7 Å². The van der Waals surface area contributed by atoms with Crippen molar-refractivity contribution in [2.24, 2.45) is 0 Å². The summed E-state index contributed by atoms with van der Waals surface area (Å²) in [6.07, 6.45) is 9.17. The molecule has 1 aliphatic rings. The van der Waals surface area contributed by atoms with Crippen LogP contribution in [0.2, 0.25) is 0 Å².